The van der Waals surface area contributed by atoms with Gasteiger partial charge in [0, 0.05) is 6.42 Å². The van der Waals surface area contributed by atoms with Crippen molar-refractivity contribution in [2.75, 3.05) is 0 Å². The summed E-state index contributed by atoms with van der Waals surface area (Å²) in [7, 11) is 0. The maximum absolute atomic E-state index is 11.8. The molecule has 6 atom stereocenters. The fourth-order valence-corrected chi connectivity index (χ4v) is 6.60. The van der Waals surface area contributed by atoms with Gasteiger partial charge in [-0.15, -0.1) is 0 Å². The molecule has 2 nitrogen and oxygen atoms in total. The van der Waals surface area contributed by atoms with Crippen LogP contribution in [-0.2, 0) is 4.79 Å². The molecule has 0 aliphatic heterocycles. The van der Waals surface area contributed by atoms with Gasteiger partial charge in [0.25, 0.3) is 0 Å². The van der Waals surface area contributed by atoms with Crippen molar-refractivity contribution in [2.24, 2.45) is 28.6 Å². The molecule has 3 fully saturated rings. The maximum atomic E-state index is 11.8. The molecule has 4 rings (SSSR count). The van der Waals surface area contributed by atoms with Crippen molar-refractivity contribution in [1.82, 2.24) is 0 Å². The lowest BCUT2D eigenvalue weighted by atomic mass is 9.47. The van der Waals surface area contributed by atoms with Crippen LogP contribution < -0.4 is 0 Å². The van der Waals surface area contributed by atoms with Crippen LogP contribution >= 0.6 is 0 Å². The van der Waals surface area contributed by atoms with E-state index >= 15 is 0 Å². The number of ketones is 1. The van der Waals surface area contributed by atoms with E-state index < -0.39 is 0 Å². The van der Waals surface area contributed by atoms with Gasteiger partial charge in [0.15, 0.2) is 5.78 Å². The lowest BCUT2D eigenvalue weighted by Crippen LogP contribution is -2.53. The molecule has 0 aromatic rings. The molecule has 0 spiro atoms. The summed E-state index contributed by atoms with van der Waals surface area (Å²) in [6.45, 7) is 4.83. The highest BCUT2D eigenvalue weighted by molar-refractivity contribution is 5.91. The second-order valence-electron chi connectivity index (χ2n) is 8.70. The molecule has 0 aromatic heterocycles. The van der Waals surface area contributed by atoms with Crippen LogP contribution in [0.25, 0.3) is 0 Å². The van der Waals surface area contributed by atoms with Gasteiger partial charge < -0.3 is 5.11 Å². The quantitative estimate of drug-likeness (QED) is 0.734. The molecule has 0 aromatic carbocycles. The van der Waals surface area contributed by atoms with Crippen molar-refractivity contribution in [3.8, 4) is 0 Å². The van der Waals surface area contributed by atoms with Crippen LogP contribution in [0.15, 0.2) is 11.6 Å². The molecule has 6 unspecified atom stereocenters. The van der Waals surface area contributed by atoms with Crippen molar-refractivity contribution in [3.63, 3.8) is 0 Å². The third-order valence-corrected chi connectivity index (χ3v) is 7.76. The maximum Gasteiger partial charge on any atom is 0.155 e. The second-order valence-corrected chi connectivity index (χ2v) is 8.70. The van der Waals surface area contributed by atoms with Crippen LogP contribution in [0.1, 0.15) is 65.2 Å². The van der Waals surface area contributed by atoms with E-state index in [1.165, 1.54) is 32.1 Å². The Morgan fingerprint density at radius 1 is 1.14 bits per heavy atom. The van der Waals surface area contributed by atoms with Crippen LogP contribution in [0.5, 0.6) is 0 Å². The average Bonchev–Trinajstić information content (AvgIpc) is 2.83. The number of fused-ring (bicyclic) bond motifs is 5. The standard InChI is InChI=1S/C19H28O2/c1-18-7-3-4-14(18)13-11-17(21)16-10-12(20)5-9-19(16,2)15(13)6-8-18/h10,13-15,17,21H,3-9,11H2,1-2H3. The van der Waals surface area contributed by atoms with E-state index in [1.807, 2.05) is 0 Å². The van der Waals surface area contributed by atoms with Crippen LogP contribution in [0.4, 0.5) is 0 Å². The van der Waals surface area contributed by atoms with Gasteiger partial charge in [-0.2, -0.15) is 0 Å². The number of rotatable bonds is 0. The Balaban J connectivity index is 1.73. The molecule has 0 heterocycles. The van der Waals surface area contributed by atoms with E-state index in [1.54, 1.807) is 6.08 Å². The molecule has 1 N–H and O–H groups in total. The van der Waals surface area contributed by atoms with Crippen LogP contribution in [0, 0.1) is 28.6 Å². The van der Waals surface area contributed by atoms with Crippen molar-refractivity contribution in [2.45, 2.75) is 71.3 Å². The van der Waals surface area contributed by atoms with Gasteiger partial charge in [-0.25, -0.2) is 0 Å². The SMILES string of the molecule is CC12CCCC1C1CC(O)C3=CC(=O)CCC3(C)C1CC2. The highest BCUT2D eigenvalue weighted by Crippen LogP contribution is 2.65. The zero-order chi connectivity index (χ0) is 14.8. The van der Waals surface area contributed by atoms with E-state index in [4.69, 9.17) is 0 Å². The van der Waals surface area contributed by atoms with Crippen molar-refractivity contribution >= 4 is 5.78 Å². The number of hydrogen-bond donors (Lipinski definition) is 1. The second kappa shape index (κ2) is 4.44. The molecular formula is C19H28O2. The van der Waals surface area contributed by atoms with Crippen LogP contribution in [0.2, 0.25) is 0 Å². The number of aliphatic hydroxyl groups excluding tert-OH is 1. The molecule has 4 aliphatic carbocycles. The molecule has 21 heavy (non-hydrogen) atoms. The minimum atomic E-state index is -0.372. The van der Waals surface area contributed by atoms with E-state index in [2.05, 4.69) is 13.8 Å². The topological polar surface area (TPSA) is 37.3 Å². The summed E-state index contributed by atoms with van der Waals surface area (Å²) in [6.07, 6.45) is 10.7. The highest BCUT2D eigenvalue weighted by Gasteiger charge is 2.58. The minimum absolute atomic E-state index is 0.0835. The number of carbonyl (C=O) groups is 1. The third kappa shape index (κ3) is 1.84. The number of aliphatic hydroxyl groups is 1. The molecule has 4 aliphatic rings. The van der Waals surface area contributed by atoms with Crippen molar-refractivity contribution < 1.29 is 9.90 Å². The molecule has 0 amide bonds. The number of carbonyl (C=O) groups excluding carboxylic acids is 1. The Morgan fingerprint density at radius 2 is 1.95 bits per heavy atom. The summed E-state index contributed by atoms with van der Waals surface area (Å²) in [5.74, 6) is 2.40. The minimum Gasteiger partial charge on any atom is -0.389 e. The molecule has 116 valence electrons. The van der Waals surface area contributed by atoms with E-state index in [0.29, 0.717) is 23.7 Å². The van der Waals surface area contributed by atoms with Gasteiger partial charge in [-0.1, -0.05) is 20.3 Å². The zero-order valence-corrected chi connectivity index (χ0v) is 13.4. The Bertz CT molecular complexity index is 508. The summed E-state index contributed by atoms with van der Waals surface area (Å²) >= 11 is 0. The fraction of sp³-hybridized carbons (Fsp3) is 0.842. The van der Waals surface area contributed by atoms with E-state index in [0.717, 1.165) is 24.3 Å². The van der Waals surface area contributed by atoms with Crippen molar-refractivity contribution in [3.05, 3.63) is 11.6 Å². The van der Waals surface area contributed by atoms with Gasteiger partial charge >= 0.3 is 0 Å². The van der Waals surface area contributed by atoms with Gasteiger partial charge in [-0.05, 0) is 78.8 Å². The predicted octanol–water partition coefficient (Wildman–Crippen LogP) is 3.88. The summed E-state index contributed by atoms with van der Waals surface area (Å²) in [4.78, 5) is 11.8. The molecule has 0 bridgehead atoms. The summed E-state index contributed by atoms with van der Waals surface area (Å²) in [5, 5.41) is 10.7. The first kappa shape index (κ1) is 14.0. The number of hydrogen-bond acceptors (Lipinski definition) is 2. The van der Waals surface area contributed by atoms with Crippen LogP contribution in [-0.4, -0.2) is 17.0 Å². The van der Waals surface area contributed by atoms with Crippen molar-refractivity contribution in [1.29, 1.82) is 0 Å². The van der Waals surface area contributed by atoms with Gasteiger partial charge in [-0.3, -0.25) is 4.79 Å². The monoisotopic (exact) mass is 288 g/mol. The smallest absolute Gasteiger partial charge is 0.155 e. The Hall–Kier alpha value is -0.630. The molecule has 0 radical (unpaired) electrons. The normalized spacial score (nSPS) is 52.7. The molecular weight excluding hydrogens is 260 g/mol. The Kier molecular flexibility index (Phi) is 2.96. The summed E-state index contributed by atoms with van der Waals surface area (Å²) < 4.78 is 0. The van der Waals surface area contributed by atoms with E-state index in [9.17, 15) is 9.90 Å². The molecule has 2 heteroatoms. The molecule has 0 saturated heterocycles. The van der Waals surface area contributed by atoms with E-state index in [-0.39, 0.29) is 17.3 Å². The lowest BCUT2D eigenvalue weighted by Gasteiger charge is -2.58. The first-order valence-electron chi connectivity index (χ1n) is 8.87. The highest BCUT2D eigenvalue weighted by atomic mass is 16.3. The average molecular weight is 288 g/mol. The Morgan fingerprint density at radius 3 is 2.76 bits per heavy atom. The van der Waals surface area contributed by atoms with Crippen LogP contribution in [0.3, 0.4) is 0 Å². The summed E-state index contributed by atoms with van der Waals surface area (Å²) in [5.41, 5.74) is 1.69. The first-order chi connectivity index (χ1) is 9.94. The third-order valence-electron chi connectivity index (χ3n) is 7.76. The Labute approximate surface area is 128 Å². The largest absolute Gasteiger partial charge is 0.389 e. The zero-order valence-electron chi connectivity index (χ0n) is 13.4. The van der Waals surface area contributed by atoms with Gasteiger partial charge in [0.05, 0.1) is 6.10 Å². The van der Waals surface area contributed by atoms with Gasteiger partial charge in [0.1, 0.15) is 0 Å². The lowest BCUT2D eigenvalue weighted by molar-refractivity contribution is -0.118. The predicted molar refractivity (Wildman–Crippen MR) is 82.7 cm³/mol. The van der Waals surface area contributed by atoms with Gasteiger partial charge in [0.2, 0.25) is 0 Å². The molecule has 3 saturated carbocycles. The first-order valence-corrected chi connectivity index (χ1v) is 8.87. The fourth-order valence-electron chi connectivity index (χ4n) is 6.60. The summed E-state index contributed by atoms with van der Waals surface area (Å²) in [6, 6.07) is 0.